The van der Waals surface area contributed by atoms with Crippen LogP contribution in [0.5, 0.6) is 5.75 Å². The summed E-state index contributed by atoms with van der Waals surface area (Å²) in [5.74, 6) is 0.366. The van der Waals surface area contributed by atoms with Crippen LogP contribution < -0.4 is 10.1 Å². The van der Waals surface area contributed by atoms with Gasteiger partial charge >= 0.3 is 0 Å². The summed E-state index contributed by atoms with van der Waals surface area (Å²) in [6.07, 6.45) is -1.00. The highest BCUT2D eigenvalue weighted by Gasteiger charge is 2.09. The van der Waals surface area contributed by atoms with Gasteiger partial charge in [-0.2, -0.15) is 0 Å². The molecule has 1 N–H and O–H groups in total. The number of pyridine rings is 1. The molecule has 0 atom stereocenters. The summed E-state index contributed by atoms with van der Waals surface area (Å²) in [6.45, 7) is 6.23. The second-order valence-corrected chi connectivity index (χ2v) is 4.79. The van der Waals surface area contributed by atoms with Gasteiger partial charge in [0.1, 0.15) is 12.4 Å². The van der Waals surface area contributed by atoms with Crippen molar-refractivity contribution in [3.05, 3.63) is 24.0 Å². The van der Waals surface area contributed by atoms with Crippen molar-refractivity contribution in [1.82, 2.24) is 10.3 Å². The maximum Gasteiger partial charge on any atom is 0.272 e. The van der Waals surface area contributed by atoms with Crippen molar-refractivity contribution in [3.8, 4) is 5.75 Å². The van der Waals surface area contributed by atoms with Crippen molar-refractivity contribution in [3.63, 3.8) is 0 Å². The standard InChI is InChI=1S/C12H18F2N2O/c1-12(2,3)16-6-9-4-5-10(7-15-9)17-8-11(13)14/h4-5,7,11,16H,6,8H2,1-3H3. The first-order valence-corrected chi connectivity index (χ1v) is 5.48. The summed E-state index contributed by atoms with van der Waals surface area (Å²) >= 11 is 0. The number of hydrogen-bond donors (Lipinski definition) is 1. The summed E-state index contributed by atoms with van der Waals surface area (Å²) in [5, 5.41) is 3.28. The Balaban J connectivity index is 2.45. The maximum absolute atomic E-state index is 11.9. The molecule has 0 fully saturated rings. The minimum absolute atomic E-state index is 0.0204. The normalized spacial score (nSPS) is 11.9. The molecule has 96 valence electrons. The second-order valence-electron chi connectivity index (χ2n) is 4.79. The Morgan fingerprint density at radius 2 is 2.06 bits per heavy atom. The number of alkyl halides is 2. The molecule has 0 aromatic carbocycles. The van der Waals surface area contributed by atoms with Crippen LogP contribution in [0.15, 0.2) is 18.3 Å². The Labute approximate surface area is 100 Å². The lowest BCUT2D eigenvalue weighted by Crippen LogP contribution is -2.35. The van der Waals surface area contributed by atoms with E-state index in [4.69, 9.17) is 4.74 Å². The first-order valence-electron chi connectivity index (χ1n) is 5.48. The topological polar surface area (TPSA) is 34.1 Å². The van der Waals surface area contributed by atoms with Crippen LogP contribution >= 0.6 is 0 Å². The molecule has 0 unspecified atom stereocenters. The lowest BCUT2D eigenvalue weighted by atomic mass is 10.1. The molecular weight excluding hydrogens is 226 g/mol. The number of halogens is 2. The third kappa shape index (κ3) is 6.16. The maximum atomic E-state index is 11.9. The van der Waals surface area contributed by atoms with Crippen LogP contribution in [0, 0.1) is 0 Å². The Morgan fingerprint density at radius 3 is 2.53 bits per heavy atom. The van der Waals surface area contributed by atoms with Gasteiger partial charge in [0, 0.05) is 12.1 Å². The fourth-order valence-electron chi connectivity index (χ4n) is 1.12. The van der Waals surface area contributed by atoms with Crippen LogP contribution in [0.25, 0.3) is 0 Å². The average Bonchev–Trinajstić information content (AvgIpc) is 2.24. The fraction of sp³-hybridized carbons (Fsp3) is 0.583. The zero-order valence-corrected chi connectivity index (χ0v) is 10.3. The smallest absolute Gasteiger partial charge is 0.272 e. The average molecular weight is 244 g/mol. The zero-order chi connectivity index (χ0) is 12.9. The fourth-order valence-corrected chi connectivity index (χ4v) is 1.12. The molecule has 1 heterocycles. The van der Waals surface area contributed by atoms with Crippen LogP contribution in [0.4, 0.5) is 8.78 Å². The second kappa shape index (κ2) is 5.91. The summed E-state index contributed by atoms with van der Waals surface area (Å²) < 4.78 is 28.6. The van der Waals surface area contributed by atoms with E-state index in [9.17, 15) is 8.78 Å². The molecule has 1 aromatic heterocycles. The van der Waals surface area contributed by atoms with Gasteiger partial charge in [-0.25, -0.2) is 8.78 Å². The Morgan fingerprint density at radius 1 is 1.35 bits per heavy atom. The van der Waals surface area contributed by atoms with Gasteiger partial charge in [-0.1, -0.05) is 0 Å². The van der Waals surface area contributed by atoms with Crippen LogP contribution in [0.1, 0.15) is 26.5 Å². The van der Waals surface area contributed by atoms with E-state index in [1.165, 1.54) is 6.20 Å². The van der Waals surface area contributed by atoms with Crippen LogP contribution in [0.2, 0.25) is 0 Å². The number of aromatic nitrogens is 1. The van der Waals surface area contributed by atoms with Crippen LogP contribution in [-0.2, 0) is 6.54 Å². The third-order valence-electron chi connectivity index (χ3n) is 1.97. The van der Waals surface area contributed by atoms with Gasteiger partial charge in [0.05, 0.1) is 11.9 Å². The molecule has 1 aromatic rings. The molecule has 1 rings (SSSR count). The van der Waals surface area contributed by atoms with Crippen molar-refractivity contribution >= 4 is 0 Å². The first kappa shape index (κ1) is 13.8. The monoisotopic (exact) mass is 244 g/mol. The van der Waals surface area contributed by atoms with E-state index in [1.807, 2.05) is 0 Å². The van der Waals surface area contributed by atoms with Gasteiger partial charge in [0.25, 0.3) is 6.43 Å². The van der Waals surface area contributed by atoms with E-state index in [0.717, 1.165) is 5.69 Å². The van der Waals surface area contributed by atoms with Crippen molar-refractivity contribution in [2.75, 3.05) is 6.61 Å². The molecule has 0 aliphatic heterocycles. The third-order valence-corrected chi connectivity index (χ3v) is 1.97. The van der Waals surface area contributed by atoms with E-state index in [0.29, 0.717) is 12.3 Å². The van der Waals surface area contributed by atoms with E-state index < -0.39 is 13.0 Å². The predicted octanol–water partition coefficient (Wildman–Crippen LogP) is 2.61. The van der Waals surface area contributed by atoms with Gasteiger partial charge in [-0.05, 0) is 32.9 Å². The Kier molecular flexibility index (Phi) is 4.81. The number of hydrogen-bond acceptors (Lipinski definition) is 3. The highest BCUT2D eigenvalue weighted by molar-refractivity contribution is 5.19. The molecule has 0 aliphatic carbocycles. The minimum Gasteiger partial charge on any atom is -0.486 e. The Bertz CT molecular complexity index is 333. The van der Waals surface area contributed by atoms with Crippen molar-refractivity contribution in [2.45, 2.75) is 39.3 Å². The molecule has 17 heavy (non-hydrogen) atoms. The van der Waals surface area contributed by atoms with E-state index in [-0.39, 0.29) is 5.54 Å². The van der Waals surface area contributed by atoms with Crippen molar-refractivity contribution in [2.24, 2.45) is 0 Å². The summed E-state index contributed by atoms with van der Waals surface area (Å²) in [7, 11) is 0. The highest BCUT2D eigenvalue weighted by Crippen LogP contribution is 2.11. The quantitative estimate of drug-likeness (QED) is 0.864. The summed E-state index contributed by atoms with van der Waals surface area (Å²) in [4.78, 5) is 4.13. The highest BCUT2D eigenvalue weighted by atomic mass is 19.3. The summed E-state index contributed by atoms with van der Waals surface area (Å²) in [5.41, 5.74) is 0.872. The molecule has 0 amide bonds. The molecule has 5 heteroatoms. The SMILES string of the molecule is CC(C)(C)NCc1ccc(OCC(F)F)cn1. The molecular formula is C12H18F2N2O. The van der Waals surface area contributed by atoms with Gasteiger partial charge in [-0.15, -0.1) is 0 Å². The number of ether oxygens (including phenoxy) is 1. The minimum atomic E-state index is -2.46. The zero-order valence-electron chi connectivity index (χ0n) is 10.3. The van der Waals surface area contributed by atoms with Gasteiger partial charge in [0.15, 0.2) is 0 Å². The number of nitrogens with zero attached hydrogens (tertiary/aromatic N) is 1. The molecule has 0 aliphatic rings. The lowest BCUT2D eigenvalue weighted by Gasteiger charge is -2.20. The predicted molar refractivity (Wildman–Crippen MR) is 62.3 cm³/mol. The van der Waals surface area contributed by atoms with Crippen LogP contribution in [0.3, 0.4) is 0 Å². The first-order chi connectivity index (χ1) is 7.87. The summed E-state index contributed by atoms with van der Waals surface area (Å²) in [6, 6.07) is 3.41. The van der Waals surface area contributed by atoms with E-state index in [2.05, 4.69) is 31.1 Å². The largest absolute Gasteiger partial charge is 0.486 e. The molecule has 0 spiro atoms. The molecule has 0 radical (unpaired) electrons. The molecule has 0 saturated heterocycles. The molecule has 3 nitrogen and oxygen atoms in total. The Hall–Kier alpha value is -1.23. The number of rotatable bonds is 5. The molecule has 0 saturated carbocycles. The van der Waals surface area contributed by atoms with Gasteiger partial charge in [-0.3, -0.25) is 4.98 Å². The van der Waals surface area contributed by atoms with E-state index >= 15 is 0 Å². The molecule has 0 bridgehead atoms. The van der Waals surface area contributed by atoms with Gasteiger partial charge < -0.3 is 10.1 Å². The van der Waals surface area contributed by atoms with Crippen molar-refractivity contribution in [1.29, 1.82) is 0 Å². The van der Waals surface area contributed by atoms with Gasteiger partial charge in [0.2, 0.25) is 0 Å². The number of nitrogens with one attached hydrogen (secondary N) is 1. The lowest BCUT2D eigenvalue weighted by molar-refractivity contribution is 0.0817. The van der Waals surface area contributed by atoms with Crippen molar-refractivity contribution < 1.29 is 13.5 Å². The van der Waals surface area contributed by atoms with Crippen LogP contribution in [-0.4, -0.2) is 23.6 Å². The van der Waals surface area contributed by atoms with E-state index in [1.54, 1.807) is 12.1 Å².